The van der Waals surface area contributed by atoms with Crippen LogP contribution in [0.4, 0.5) is 0 Å². The quantitative estimate of drug-likeness (QED) is 0.812. The van der Waals surface area contributed by atoms with Gasteiger partial charge in [0.1, 0.15) is 0 Å². The summed E-state index contributed by atoms with van der Waals surface area (Å²) >= 11 is 0. The van der Waals surface area contributed by atoms with E-state index in [1.54, 1.807) is 12.1 Å². The fraction of sp³-hybridized carbons (Fsp3) is 0.524. The maximum absolute atomic E-state index is 12.7. The van der Waals surface area contributed by atoms with Crippen LogP contribution in [0.15, 0.2) is 18.2 Å². The molecule has 0 radical (unpaired) electrons. The molecule has 3 rings (SSSR count). The number of allylic oxidation sites excluding steroid dienone is 1. The fourth-order valence-electron chi connectivity index (χ4n) is 4.11. The van der Waals surface area contributed by atoms with Crippen LogP contribution in [-0.2, 0) is 11.2 Å². The van der Waals surface area contributed by atoms with Crippen molar-refractivity contribution in [3.8, 4) is 0 Å². The Morgan fingerprint density at radius 3 is 2.52 bits per heavy atom. The smallest absolute Gasteiger partial charge is 0.335 e. The van der Waals surface area contributed by atoms with Crippen molar-refractivity contribution in [2.75, 3.05) is 0 Å². The molecule has 0 atom stereocenters. The largest absolute Gasteiger partial charge is 0.478 e. The maximum Gasteiger partial charge on any atom is 0.335 e. The summed E-state index contributed by atoms with van der Waals surface area (Å²) in [5.41, 5.74) is 3.63. The highest BCUT2D eigenvalue weighted by atomic mass is 16.4. The summed E-state index contributed by atoms with van der Waals surface area (Å²) in [7, 11) is 0. The Bertz CT molecular complexity index is 740. The van der Waals surface area contributed by atoms with Crippen LogP contribution in [0.5, 0.6) is 0 Å². The molecule has 0 unspecified atom stereocenters. The third kappa shape index (κ3) is 3.78. The van der Waals surface area contributed by atoms with Gasteiger partial charge in [-0.25, -0.2) is 4.79 Å². The molecule has 0 saturated heterocycles. The molecule has 1 aliphatic heterocycles. The lowest BCUT2D eigenvalue weighted by Gasteiger charge is -2.36. The number of carboxylic acids is 1. The van der Waals surface area contributed by atoms with Gasteiger partial charge in [-0.05, 0) is 57.2 Å². The number of carbonyl (C=O) groups is 2. The second-order valence-electron chi connectivity index (χ2n) is 8.11. The molecule has 1 heterocycles. The Balaban J connectivity index is 2.02. The Morgan fingerprint density at radius 1 is 1.20 bits per heavy atom. The molecule has 0 bridgehead atoms. The Labute approximate surface area is 149 Å². The van der Waals surface area contributed by atoms with Crippen LogP contribution >= 0.6 is 0 Å². The number of carboxylic acid groups (broad SMARTS) is 1. The number of aromatic carboxylic acids is 1. The van der Waals surface area contributed by atoms with Crippen LogP contribution in [0, 0.1) is 12.8 Å². The minimum atomic E-state index is -0.928. The number of fused-ring (bicyclic) bond motifs is 1. The van der Waals surface area contributed by atoms with Crippen LogP contribution in [0.25, 0.3) is 5.70 Å². The molecule has 1 aliphatic carbocycles. The maximum atomic E-state index is 12.7. The number of hydrogen-bond donors (Lipinski definition) is 2. The molecular weight excluding hydrogens is 314 g/mol. The van der Waals surface area contributed by atoms with Gasteiger partial charge in [-0.2, -0.15) is 0 Å². The van der Waals surface area contributed by atoms with Gasteiger partial charge in [0.2, 0.25) is 0 Å². The van der Waals surface area contributed by atoms with Gasteiger partial charge >= 0.3 is 5.97 Å². The Kier molecular flexibility index (Phi) is 4.72. The van der Waals surface area contributed by atoms with E-state index >= 15 is 0 Å². The highest BCUT2D eigenvalue weighted by Crippen LogP contribution is 2.33. The van der Waals surface area contributed by atoms with E-state index in [2.05, 4.69) is 19.2 Å². The molecule has 2 aliphatic rings. The fourth-order valence-corrected chi connectivity index (χ4v) is 4.11. The van der Waals surface area contributed by atoms with Crippen molar-refractivity contribution >= 4 is 17.4 Å². The van der Waals surface area contributed by atoms with Crippen molar-refractivity contribution in [1.29, 1.82) is 0 Å². The van der Waals surface area contributed by atoms with E-state index < -0.39 is 5.97 Å². The second-order valence-corrected chi connectivity index (χ2v) is 8.11. The van der Waals surface area contributed by atoms with Crippen molar-refractivity contribution < 1.29 is 14.7 Å². The lowest BCUT2D eigenvalue weighted by atomic mass is 9.82. The van der Waals surface area contributed by atoms with Gasteiger partial charge in [0.05, 0.1) is 5.56 Å². The molecule has 1 saturated carbocycles. The lowest BCUT2D eigenvalue weighted by molar-refractivity contribution is -0.119. The summed E-state index contributed by atoms with van der Waals surface area (Å²) in [6, 6.07) is 3.68. The van der Waals surface area contributed by atoms with E-state index in [9.17, 15) is 14.7 Å². The van der Waals surface area contributed by atoms with Gasteiger partial charge in [0, 0.05) is 28.8 Å². The zero-order valence-electron chi connectivity index (χ0n) is 15.3. The molecule has 0 amide bonds. The topological polar surface area (TPSA) is 66.4 Å². The van der Waals surface area contributed by atoms with Crippen molar-refractivity contribution in [2.45, 2.75) is 64.8 Å². The van der Waals surface area contributed by atoms with E-state index in [-0.39, 0.29) is 17.2 Å². The summed E-state index contributed by atoms with van der Waals surface area (Å²) in [6.45, 7) is 6.04. The number of carbonyl (C=O) groups excluding carboxylic acids is 1. The van der Waals surface area contributed by atoms with Gasteiger partial charge < -0.3 is 10.4 Å². The molecule has 1 aromatic carbocycles. The minimum Gasteiger partial charge on any atom is -0.478 e. The molecule has 25 heavy (non-hydrogen) atoms. The first-order valence-electron chi connectivity index (χ1n) is 9.18. The first-order chi connectivity index (χ1) is 11.8. The van der Waals surface area contributed by atoms with Crippen LogP contribution < -0.4 is 5.32 Å². The standard InChI is InChI=1S/C21H27NO3/c1-13-9-15-12-21(2,3)22-18(17(15)10-16(13)20(24)25)11-19(23)14-7-5-4-6-8-14/h9-11,14,22H,4-8,12H2,1-3H3,(H,24,25)/b18-11-. The number of nitrogens with one attached hydrogen (secondary N) is 1. The van der Waals surface area contributed by atoms with Crippen molar-refractivity contribution in [2.24, 2.45) is 5.92 Å². The predicted molar refractivity (Wildman–Crippen MR) is 98.6 cm³/mol. The molecule has 1 fully saturated rings. The lowest BCUT2D eigenvalue weighted by Crippen LogP contribution is -2.44. The van der Waals surface area contributed by atoms with E-state index in [0.717, 1.165) is 54.5 Å². The third-order valence-electron chi connectivity index (χ3n) is 5.37. The second kappa shape index (κ2) is 6.66. The molecule has 0 aromatic heterocycles. The summed E-state index contributed by atoms with van der Waals surface area (Å²) in [6.07, 6.45) is 7.92. The first kappa shape index (κ1) is 17.7. The molecule has 1 aromatic rings. The monoisotopic (exact) mass is 341 g/mol. The first-order valence-corrected chi connectivity index (χ1v) is 9.18. The number of benzene rings is 1. The third-order valence-corrected chi connectivity index (χ3v) is 5.37. The molecule has 0 spiro atoms. The van der Waals surface area contributed by atoms with E-state index in [4.69, 9.17) is 0 Å². The highest BCUT2D eigenvalue weighted by molar-refractivity contribution is 5.99. The van der Waals surface area contributed by atoms with Gasteiger partial charge in [-0.3, -0.25) is 4.79 Å². The number of aryl methyl sites for hydroxylation is 1. The summed E-state index contributed by atoms with van der Waals surface area (Å²) in [5, 5.41) is 12.9. The number of rotatable bonds is 3. The van der Waals surface area contributed by atoms with Gasteiger partial charge in [-0.15, -0.1) is 0 Å². The predicted octanol–water partition coefficient (Wildman–Crippen LogP) is 4.11. The minimum absolute atomic E-state index is 0.112. The Hall–Kier alpha value is -2.10. The average Bonchev–Trinajstić information content (AvgIpc) is 2.53. The van der Waals surface area contributed by atoms with Crippen molar-refractivity contribution in [1.82, 2.24) is 5.32 Å². The van der Waals surface area contributed by atoms with Crippen molar-refractivity contribution in [3.05, 3.63) is 40.5 Å². The zero-order valence-corrected chi connectivity index (χ0v) is 15.3. The van der Waals surface area contributed by atoms with Gasteiger partial charge in [0.25, 0.3) is 0 Å². The molecule has 4 nitrogen and oxygen atoms in total. The molecule has 2 N–H and O–H groups in total. The number of hydrogen-bond acceptors (Lipinski definition) is 3. The van der Waals surface area contributed by atoms with Crippen LogP contribution in [0.3, 0.4) is 0 Å². The zero-order chi connectivity index (χ0) is 18.2. The summed E-state index contributed by atoms with van der Waals surface area (Å²) < 4.78 is 0. The molecular formula is C21H27NO3. The van der Waals surface area contributed by atoms with Gasteiger partial charge in [0.15, 0.2) is 5.78 Å². The molecule has 4 heteroatoms. The van der Waals surface area contributed by atoms with E-state index in [1.165, 1.54) is 6.42 Å². The van der Waals surface area contributed by atoms with E-state index in [1.807, 2.05) is 13.0 Å². The number of ketones is 1. The van der Waals surface area contributed by atoms with Gasteiger partial charge in [-0.1, -0.05) is 25.3 Å². The molecule has 134 valence electrons. The summed E-state index contributed by atoms with van der Waals surface area (Å²) in [5.74, 6) is -0.646. The summed E-state index contributed by atoms with van der Waals surface area (Å²) in [4.78, 5) is 24.2. The SMILES string of the molecule is Cc1cc2c(cc1C(=O)O)/C(=C/C(=O)C1CCCCC1)NC(C)(C)C2. The van der Waals surface area contributed by atoms with Crippen LogP contribution in [0.1, 0.15) is 73.0 Å². The van der Waals surface area contributed by atoms with E-state index in [0.29, 0.717) is 5.56 Å². The highest BCUT2D eigenvalue weighted by Gasteiger charge is 2.30. The van der Waals surface area contributed by atoms with Crippen LogP contribution in [0.2, 0.25) is 0 Å². The van der Waals surface area contributed by atoms with Crippen LogP contribution in [-0.4, -0.2) is 22.4 Å². The van der Waals surface area contributed by atoms with Crippen molar-refractivity contribution in [3.63, 3.8) is 0 Å². The average molecular weight is 341 g/mol. The Morgan fingerprint density at radius 2 is 1.88 bits per heavy atom. The normalized spacial score (nSPS) is 21.5.